The molecule has 0 aliphatic carbocycles. The average Bonchev–Trinajstić information content (AvgIpc) is 3.29. The molecule has 6 heteroatoms. The van der Waals surface area contributed by atoms with E-state index in [1.807, 2.05) is 59.5 Å². The van der Waals surface area contributed by atoms with Gasteiger partial charge >= 0.3 is 0 Å². The van der Waals surface area contributed by atoms with Crippen LogP contribution in [0.4, 0.5) is 5.82 Å². The molecule has 6 nitrogen and oxygen atoms in total. The lowest BCUT2D eigenvalue weighted by atomic mass is 10.1. The van der Waals surface area contributed by atoms with E-state index in [0.717, 1.165) is 48.1 Å². The number of benzene rings is 2. The highest BCUT2D eigenvalue weighted by atomic mass is 16.2. The molecule has 142 valence electrons. The van der Waals surface area contributed by atoms with Gasteiger partial charge in [0, 0.05) is 31.3 Å². The number of amides is 1. The first-order valence-corrected chi connectivity index (χ1v) is 9.67. The van der Waals surface area contributed by atoms with Crippen molar-refractivity contribution in [3.05, 3.63) is 66.5 Å². The third kappa shape index (κ3) is 4.17. The van der Waals surface area contributed by atoms with Crippen molar-refractivity contribution >= 4 is 28.3 Å². The van der Waals surface area contributed by atoms with Crippen LogP contribution in [0.5, 0.6) is 0 Å². The summed E-state index contributed by atoms with van der Waals surface area (Å²) >= 11 is 0. The van der Waals surface area contributed by atoms with Crippen LogP contribution in [-0.4, -0.2) is 39.6 Å². The smallest absolute Gasteiger partial charge is 0.222 e. The van der Waals surface area contributed by atoms with Gasteiger partial charge in [-0.25, -0.2) is 9.97 Å². The third-order valence-corrected chi connectivity index (χ3v) is 4.98. The number of aromatic nitrogens is 2. The van der Waals surface area contributed by atoms with E-state index in [1.165, 1.54) is 6.33 Å². The van der Waals surface area contributed by atoms with Crippen molar-refractivity contribution in [1.29, 1.82) is 0 Å². The maximum Gasteiger partial charge on any atom is 0.222 e. The van der Waals surface area contributed by atoms with E-state index >= 15 is 0 Å². The Bertz CT molecular complexity index is 975. The van der Waals surface area contributed by atoms with Gasteiger partial charge in [0.1, 0.15) is 6.33 Å². The number of carbonyl (C=O) groups is 1. The molecule has 3 aromatic rings. The molecule has 1 aliphatic heterocycles. The van der Waals surface area contributed by atoms with Crippen LogP contribution >= 0.6 is 0 Å². The van der Waals surface area contributed by atoms with Gasteiger partial charge in [-0.2, -0.15) is 5.10 Å². The largest absolute Gasteiger partial charge is 0.343 e. The molecule has 1 aliphatic rings. The summed E-state index contributed by atoms with van der Waals surface area (Å²) < 4.78 is 0. The predicted octanol–water partition coefficient (Wildman–Crippen LogP) is 3.85. The Morgan fingerprint density at radius 3 is 2.54 bits per heavy atom. The Balaban J connectivity index is 1.55. The van der Waals surface area contributed by atoms with E-state index in [1.54, 1.807) is 0 Å². The highest BCUT2D eigenvalue weighted by Gasteiger charge is 2.18. The van der Waals surface area contributed by atoms with Gasteiger partial charge < -0.3 is 4.90 Å². The quantitative estimate of drug-likeness (QED) is 0.526. The monoisotopic (exact) mass is 373 g/mol. The first kappa shape index (κ1) is 18.1. The summed E-state index contributed by atoms with van der Waals surface area (Å²) in [5.41, 5.74) is 5.80. The van der Waals surface area contributed by atoms with Gasteiger partial charge in [-0.05, 0) is 30.5 Å². The van der Waals surface area contributed by atoms with Crippen LogP contribution in [0, 0.1) is 0 Å². The fraction of sp³-hybridized carbons (Fsp3) is 0.273. The number of fused-ring (bicyclic) bond motifs is 1. The van der Waals surface area contributed by atoms with Gasteiger partial charge in [-0.15, -0.1) is 0 Å². The number of anilines is 1. The molecule has 28 heavy (non-hydrogen) atoms. The van der Waals surface area contributed by atoms with Crippen molar-refractivity contribution < 1.29 is 4.79 Å². The van der Waals surface area contributed by atoms with Gasteiger partial charge in [0.25, 0.3) is 0 Å². The third-order valence-electron chi connectivity index (χ3n) is 4.98. The van der Waals surface area contributed by atoms with Crippen LogP contribution < -0.4 is 5.43 Å². The van der Waals surface area contributed by atoms with Crippen molar-refractivity contribution in [2.75, 3.05) is 18.5 Å². The van der Waals surface area contributed by atoms with Crippen LogP contribution in [0.2, 0.25) is 0 Å². The molecule has 1 saturated heterocycles. The minimum absolute atomic E-state index is 0.202. The van der Waals surface area contributed by atoms with Gasteiger partial charge in [0.15, 0.2) is 5.82 Å². The molecule has 1 fully saturated rings. The first-order chi connectivity index (χ1) is 13.8. The van der Waals surface area contributed by atoms with E-state index < -0.39 is 0 Å². The minimum Gasteiger partial charge on any atom is -0.343 e. The number of hydrazone groups is 1. The molecule has 0 radical (unpaired) electrons. The van der Waals surface area contributed by atoms with Gasteiger partial charge in [0.05, 0.1) is 11.2 Å². The first-order valence-electron chi connectivity index (χ1n) is 9.67. The summed E-state index contributed by atoms with van der Waals surface area (Å²) in [6, 6.07) is 17.8. The van der Waals surface area contributed by atoms with Crippen LogP contribution in [0.25, 0.3) is 10.9 Å². The van der Waals surface area contributed by atoms with Crippen molar-refractivity contribution in [3.8, 4) is 0 Å². The molecule has 1 aromatic heterocycles. The zero-order valence-electron chi connectivity index (χ0n) is 15.7. The van der Waals surface area contributed by atoms with Crippen molar-refractivity contribution in [2.24, 2.45) is 5.10 Å². The molecule has 4 rings (SSSR count). The van der Waals surface area contributed by atoms with Crippen molar-refractivity contribution in [1.82, 2.24) is 14.9 Å². The van der Waals surface area contributed by atoms with E-state index in [9.17, 15) is 4.79 Å². The Morgan fingerprint density at radius 2 is 1.71 bits per heavy atom. The number of rotatable bonds is 6. The Kier molecular flexibility index (Phi) is 5.56. The lowest BCUT2D eigenvalue weighted by molar-refractivity contribution is -0.129. The van der Waals surface area contributed by atoms with Crippen molar-refractivity contribution in [2.45, 2.75) is 25.7 Å². The Morgan fingerprint density at radius 1 is 0.964 bits per heavy atom. The fourth-order valence-electron chi connectivity index (χ4n) is 3.46. The average molecular weight is 373 g/mol. The number of hydrogen-bond donors (Lipinski definition) is 1. The lowest BCUT2D eigenvalue weighted by Gasteiger charge is -2.15. The molecule has 0 unspecified atom stereocenters. The number of nitrogens with one attached hydrogen (secondary N) is 1. The molecule has 0 spiro atoms. The Labute approximate surface area is 164 Å². The van der Waals surface area contributed by atoms with Crippen molar-refractivity contribution in [3.63, 3.8) is 0 Å². The Hall–Kier alpha value is -3.28. The topological polar surface area (TPSA) is 70.5 Å². The zero-order valence-corrected chi connectivity index (χ0v) is 15.7. The molecular formula is C22H23N5O. The second kappa shape index (κ2) is 8.61. The molecule has 1 N–H and O–H groups in total. The van der Waals surface area contributed by atoms with Gasteiger partial charge in [0.2, 0.25) is 5.91 Å². The zero-order chi connectivity index (χ0) is 19.2. The lowest BCUT2D eigenvalue weighted by Crippen LogP contribution is -2.28. The van der Waals surface area contributed by atoms with Crippen LogP contribution in [0.3, 0.4) is 0 Å². The molecule has 0 atom stereocenters. The van der Waals surface area contributed by atoms with E-state index in [2.05, 4.69) is 20.5 Å². The molecule has 2 aromatic carbocycles. The highest BCUT2D eigenvalue weighted by Crippen LogP contribution is 2.19. The number of para-hydroxylation sites is 1. The molecule has 1 amide bonds. The number of hydrogen-bond acceptors (Lipinski definition) is 5. The molecule has 0 bridgehead atoms. The summed E-state index contributed by atoms with van der Waals surface area (Å²) in [6.45, 7) is 1.75. The van der Waals surface area contributed by atoms with E-state index in [4.69, 9.17) is 0 Å². The second-order valence-electron chi connectivity index (χ2n) is 6.86. The van der Waals surface area contributed by atoms with E-state index in [-0.39, 0.29) is 5.91 Å². The van der Waals surface area contributed by atoms with Crippen LogP contribution in [0.1, 0.15) is 31.2 Å². The molecular weight excluding hydrogens is 350 g/mol. The second-order valence-corrected chi connectivity index (χ2v) is 6.86. The maximum absolute atomic E-state index is 12.5. The summed E-state index contributed by atoms with van der Waals surface area (Å²) in [7, 11) is 0. The maximum atomic E-state index is 12.5. The highest BCUT2D eigenvalue weighted by molar-refractivity contribution is 6.02. The summed E-state index contributed by atoms with van der Waals surface area (Å²) in [5.74, 6) is 0.860. The van der Waals surface area contributed by atoms with Gasteiger partial charge in [-0.3, -0.25) is 10.2 Å². The summed E-state index contributed by atoms with van der Waals surface area (Å²) in [5, 5.41) is 5.53. The number of carbonyl (C=O) groups excluding carboxylic acids is 1. The standard InChI is InChI=1S/C22H23N5O/c28-21(27-14-6-7-15-27)13-12-19(17-8-2-1-3-9-17)25-26-22-18-10-4-5-11-20(18)23-16-24-22/h1-5,8-11,16H,6-7,12-15H2,(H,23,24,26)/b25-19-. The minimum atomic E-state index is 0.202. The number of nitrogens with zero attached hydrogens (tertiary/aromatic N) is 4. The van der Waals surface area contributed by atoms with Gasteiger partial charge in [-0.1, -0.05) is 42.5 Å². The normalized spacial score (nSPS) is 14.4. The van der Waals surface area contributed by atoms with Crippen LogP contribution in [-0.2, 0) is 4.79 Å². The predicted molar refractivity (Wildman–Crippen MR) is 111 cm³/mol. The molecule has 0 saturated carbocycles. The summed E-state index contributed by atoms with van der Waals surface area (Å²) in [4.78, 5) is 23.0. The summed E-state index contributed by atoms with van der Waals surface area (Å²) in [6.07, 6.45) is 4.77. The fourth-order valence-corrected chi connectivity index (χ4v) is 3.46. The molecule has 2 heterocycles. The SMILES string of the molecule is O=C(CC/C(=N/Nc1ncnc2ccccc12)c1ccccc1)N1CCCC1. The van der Waals surface area contributed by atoms with E-state index in [0.29, 0.717) is 18.7 Å². The van der Waals surface area contributed by atoms with Crippen LogP contribution in [0.15, 0.2) is 66.0 Å². The number of likely N-dealkylation sites (tertiary alicyclic amines) is 1.